The van der Waals surface area contributed by atoms with Gasteiger partial charge in [0.2, 0.25) is 0 Å². The second-order valence-electron chi connectivity index (χ2n) is 6.24. The first-order chi connectivity index (χ1) is 9.82. The van der Waals surface area contributed by atoms with Crippen LogP contribution in [0, 0.1) is 0 Å². The minimum absolute atomic E-state index is 0.152. The summed E-state index contributed by atoms with van der Waals surface area (Å²) >= 11 is 3.57. The van der Waals surface area contributed by atoms with Gasteiger partial charge in [-0.05, 0) is 40.3 Å². The van der Waals surface area contributed by atoms with E-state index in [0.717, 1.165) is 21.3 Å². The van der Waals surface area contributed by atoms with Crippen molar-refractivity contribution in [2.45, 2.75) is 32.2 Å². The maximum Gasteiger partial charge on any atom is 0.119 e. The van der Waals surface area contributed by atoms with Crippen LogP contribution in [0.5, 0.6) is 5.75 Å². The molecule has 2 rings (SSSR count). The number of hydrogen-bond donors (Lipinski definition) is 1. The highest BCUT2D eigenvalue weighted by molar-refractivity contribution is 9.10. The summed E-state index contributed by atoms with van der Waals surface area (Å²) in [5, 5.41) is 0. The Morgan fingerprint density at radius 1 is 1.05 bits per heavy atom. The number of halogens is 1. The molecule has 21 heavy (non-hydrogen) atoms. The molecule has 0 amide bonds. The van der Waals surface area contributed by atoms with Gasteiger partial charge in [-0.1, -0.05) is 61.0 Å². The van der Waals surface area contributed by atoms with Gasteiger partial charge < -0.3 is 10.5 Å². The third-order valence-corrected chi connectivity index (χ3v) is 4.40. The Morgan fingerprint density at radius 3 is 2.19 bits per heavy atom. The second-order valence-corrected chi connectivity index (χ2v) is 7.09. The van der Waals surface area contributed by atoms with Crippen LogP contribution < -0.4 is 10.5 Å². The van der Waals surface area contributed by atoms with Crippen molar-refractivity contribution in [3.63, 3.8) is 0 Å². The van der Waals surface area contributed by atoms with Crippen LogP contribution >= 0.6 is 15.9 Å². The van der Waals surface area contributed by atoms with E-state index in [1.54, 1.807) is 7.11 Å². The quantitative estimate of drug-likeness (QED) is 0.864. The lowest BCUT2D eigenvalue weighted by Crippen LogP contribution is -2.14. The lowest BCUT2D eigenvalue weighted by Gasteiger charge is -2.21. The second kappa shape index (κ2) is 6.20. The zero-order chi connectivity index (χ0) is 15.6. The number of ether oxygens (including phenoxy) is 1. The minimum atomic E-state index is -0.177. The summed E-state index contributed by atoms with van der Waals surface area (Å²) < 4.78 is 6.28. The lowest BCUT2D eigenvalue weighted by molar-refractivity contribution is 0.414. The van der Waals surface area contributed by atoms with Crippen LogP contribution in [0.3, 0.4) is 0 Å². The van der Waals surface area contributed by atoms with Gasteiger partial charge >= 0.3 is 0 Å². The normalized spacial score (nSPS) is 13.0. The van der Waals surface area contributed by atoms with Gasteiger partial charge in [0, 0.05) is 4.47 Å². The molecule has 3 heteroatoms. The molecule has 0 aliphatic rings. The van der Waals surface area contributed by atoms with Crippen molar-refractivity contribution in [2.24, 2.45) is 5.73 Å². The molecule has 0 radical (unpaired) electrons. The van der Waals surface area contributed by atoms with E-state index in [0.29, 0.717) is 0 Å². The molecule has 2 aromatic rings. The zero-order valence-corrected chi connectivity index (χ0v) is 14.6. The fraction of sp³-hybridized carbons (Fsp3) is 0.333. The van der Waals surface area contributed by atoms with Crippen molar-refractivity contribution in [1.82, 2.24) is 0 Å². The number of rotatable bonds is 3. The van der Waals surface area contributed by atoms with E-state index in [1.807, 2.05) is 18.2 Å². The molecule has 0 aliphatic heterocycles. The molecule has 0 spiro atoms. The van der Waals surface area contributed by atoms with Gasteiger partial charge in [-0.2, -0.15) is 0 Å². The molecular formula is C18H22BrNO. The smallest absolute Gasteiger partial charge is 0.119 e. The van der Waals surface area contributed by atoms with Gasteiger partial charge in [-0.3, -0.25) is 0 Å². The van der Waals surface area contributed by atoms with E-state index < -0.39 is 0 Å². The summed E-state index contributed by atoms with van der Waals surface area (Å²) in [5.74, 6) is 0.815. The Balaban J connectivity index is 2.34. The van der Waals surface area contributed by atoms with E-state index in [4.69, 9.17) is 10.5 Å². The SMILES string of the molecule is COc1ccc(Br)c(C(N)c2ccc(C(C)(C)C)cc2)c1. The van der Waals surface area contributed by atoms with Gasteiger partial charge in [0.15, 0.2) is 0 Å². The third kappa shape index (κ3) is 3.66. The maximum absolute atomic E-state index is 6.41. The molecule has 0 aliphatic carbocycles. The summed E-state index contributed by atoms with van der Waals surface area (Å²) in [5.41, 5.74) is 9.99. The fourth-order valence-electron chi connectivity index (χ4n) is 2.26. The topological polar surface area (TPSA) is 35.2 Å². The third-order valence-electron chi connectivity index (χ3n) is 3.67. The van der Waals surface area contributed by atoms with Crippen molar-refractivity contribution in [1.29, 1.82) is 0 Å². The van der Waals surface area contributed by atoms with Gasteiger partial charge in [0.1, 0.15) is 5.75 Å². The van der Waals surface area contributed by atoms with Crippen molar-refractivity contribution in [2.75, 3.05) is 7.11 Å². The molecule has 1 unspecified atom stereocenters. The highest BCUT2D eigenvalue weighted by atomic mass is 79.9. The van der Waals surface area contributed by atoms with E-state index in [1.165, 1.54) is 5.56 Å². The highest BCUT2D eigenvalue weighted by Gasteiger charge is 2.16. The van der Waals surface area contributed by atoms with Crippen molar-refractivity contribution >= 4 is 15.9 Å². The first-order valence-electron chi connectivity index (χ1n) is 7.02. The van der Waals surface area contributed by atoms with Crippen LogP contribution in [0.25, 0.3) is 0 Å². The Morgan fingerprint density at radius 2 is 1.67 bits per heavy atom. The van der Waals surface area contributed by atoms with Gasteiger partial charge in [0.25, 0.3) is 0 Å². The average Bonchev–Trinajstić information content (AvgIpc) is 2.46. The monoisotopic (exact) mass is 347 g/mol. The number of benzene rings is 2. The molecule has 0 heterocycles. The molecule has 0 saturated carbocycles. The Bertz CT molecular complexity index is 614. The number of hydrogen-bond acceptors (Lipinski definition) is 2. The number of methoxy groups -OCH3 is 1. The number of nitrogens with two attached hydrogens (primary N) is 1. The van der Waals surface area contributed by atoms with E-state index in [-0.39, 0.29) is 11.5 Å². The van der Waals surface area contributed by atoms with Crippen LogP contribution in [-0.4, -0.2) is 7.11 Å². The molecule has 0 fully saturated rings. The van der Waals surface area contributed by atoms with Crippen LogP contribution in [0.2, 0.25) is 0 Å². The predicted octanol–water partition coefficient (Wildman–Crippen LogP) is 4.80. The lowest BCUT2D eigenvalue weighted by atomic mass is 9.86. The zero-order valence-electron chi connectivity index (χ0n) is 13.0. The molecule has 0 saturated heterocycles. The van der Waals surface area contributed by atoms with Crippen LogP contribution in [0.15, 0.2) is 46.9 Å². The van der Waals surface area contributed by atoms with E-state index in [9.17, 15) is 0 Å². The average molecular weight is 348 g/mol. The Labute approximate surface area is 135 Å². The summed E-state index contributed by atoms with van der Waals surface area (Å²) in [7, 11) is 1.66. The standard InChI is InChI=1S/C18H22BrNO/c1-18(2,3)13-7-5-12(6-8-13)17(20)15-11-14(21-4)9-10-16(15)19/h5-11,17H,20H2,1-4H3. The summed E-state index contributed by atoms with van der Waals surface area (Å²) in [6, 6.07) is 14.2. The molecular weight excluding hydrogens is 326 g/mol. The molecule has 2 aromatic carbocycles. The first kappa shape index (κ1) is 16.1. The van der Waals surface area contributed by atoms with Gasteiger partial charge in [-0.25, -0.2) is 0 Å². The molecule has 2 nitrogen and oxygen atoms in total. The first-order valence-corrected chi connectivity index (χ1v) is 7.81. The molecule has 2 N–H and O–H groups in total. The largest absolute Gasteiger partial charge is 0.497 e. The molecule has 112 valence electrons. The van der Waals surface area contributed by atoms with Crippen LogP contribution in [0.1, 0.15) is 43.5 Å². The molecule has 1 atom stereocenters. The van der Waals surface area contributed by atoms with E-state index in [2.05, 4.69) is 61.0 Å². The van der Waals surface area contributed by atoms with Crippen LogP contribution in [0.4, 0.5) is 0 Å². The summed E-state index contributed by atoms with van der Waals surface area (Å²) in [6.45, 7) is 6.63. The van der Waals surface area contributed by atoms with Crippen molar-refractivity contribution in [3.8, 4) is 5.75 Å². The Hall–Kier alpha value is -1.32. The minimum Gasteiger partial charge on any atom is -0.497 e. The molecule has 0 aromatic heterocycles. The van der Waals surface area contributed by atoms with Crippen LogP contribution in [-0.2, 0) is 5.41 Å². The molecule has 0 bridgehead atoms. The Kier molecular flexibility index (Phi) is 4.74. The predicted molar refractivity (Wildman–Crippen MR) is 91.9 cm³/mol. The summed E-state index contributed by atoms with van der Waals surface area (Å²) in [4.78, 5) is 0. The summed E-state index contributed by atoms with van der Waals surface area (Å²) in [6.07, 6.45) is 0. The highest BCUT2D eigenvalue weighted by Crippen LogP contribution is 2.31. The van der Waals surface area contributed by atoms with Gasteiger partial charge in [-0.15, -0.1) is 0 Å². The van der Waals surface area contributed by atoms with Crippen molar-refractivity contribution < 1.29 is 4.74 Å². The fourth-order valence-corrected chi connectivity index (χ4v) is 2.75. The van der Waals surface area contributed by atoms with Gasteiger partial charge in [0.05, 0.1) is 13.2 Å². The maximum atomic E-state index is 6.41. The van der Waals surface area contributed by atoms with Crippen molar-refractivity contribution in [3.05, 3.63) is 63.6 Å². The van der Waals surface area contributed by atoms with E-state index >= 15 is 0 Å².